The molecule has 0 bridgehead atoms. The van der Waals surface area contributed by atoms with E-state index in [4.69, 9.17) is 9.47 Å². The van der Waals surface area contributed by atoms with Gasteiger partial charge in [0, 0.05) is 5.56 Å². The Balaban J connectivity index is 2.25. The smallest absolute Gasteiger partial charge is 0.126 e. The zero-order valence-corrected chi connectivity index (χ0v) is 13.4. The van der Waals surface area contributed by atoms with E-state index in [-0.39, 0.29) is 0 Å². The minimum Gasteiger partial charge on any atom is -0.497 e. The van der Waals surface area contributed by atoms with E-state index < -0.39 is 0 Å². The van der Waals surface area contributed by atoms with E-state index in [0.717, 1.165) is 34.6 Å². The predicted octanol–water partition coefficient (Wildman–Crippen LogP) is 4.99. The minimum absolute atomic E-state index is 0.777. The first-order valence-corrected chi connectivity index (χ1v) is 7.29. The van der Waals surface area contributed by atoms with Crippen LogP contribution in [0.25, 0.3) is 11.6 Å². The fourth-order valence-electron chi connectivity index (χ4n) is 2.38. The van der Waals surface area contributed by atoms with Gasteiger partial charge in [0.1, 0.15) is 11.5 Å². The van der Waals surface area contributed by atoms with Crippen molar-refractivity contribution in [2.45, 2.75) is 13.3 Å². The molecular weight excluding hydrogens is 272 g/mol. The standard InChI is InChI=1S/C20H22O2/c1-5-6-16-9-12-20(22-4)19(14-16)15(2)13-17-7-10-18(21-3)11-8-17/h5-12,14H,2,13H2,1,3-4H3/b6-5+. The number of allylic oxidation sites excluding steroid dienone is 2. The normalized spacial score (nSPS) is 10.7. The predicted molar refractivity (Wildman–Crippen MR) is 93.4 cm³/mol. The van der Waals surface area contributed by atoms with Crippen molar-refractivity contribution in [2.75, 3.05) is 14.2 Å². The lowest BCUT2D eigenvalue weighted by Crippen LogP contribution is -1.95. The van der Waals surface area contributed by atoms with Gasteiger partial charge in [0.2, 0.25) is 0 Å². The molecule has 2 heteroatoms. The van der Waals surface area contributed by atoms with Crippen LogP contribution in [-0.4, -0.2) is 14.2 Å². The van der Waals surface area contributed by atoms with Crippen LogP contribution in [0.1, 0.15) is 23.6 Å². The molecule has 0 heterocycles. The van der Waals surface area contributed by atoms with Crippen LogP contribution < -0.4 is 9.47 Å². The second kappa shape index (κ2) is 7.51. The van der Waals surface area contributed by atoms with E-state index in [2.05, 4.69) is 30.9 Å². The summed E-state index contributed by atoms with van der Waals surface area (Å²) in [7, 11) is 3.36. The summed E-state index contributed by atoms with van der Waals surface area (Å²) in [6, 6.07) is 14.2. The summed E-state index contributed by atoms with van der Waals surface area (Å²) >= 11 is 0. The topological polar surface area (TPSA) is 18.5 Å². The van der Waals surface area contributed by atoms with Gasteiger partial charge in [0.25, 0.3) is 0 Å². The third-order valence-corrected chi connectivity index (χ3v) is 3.54. The zero-order chi connectivity index (χ0) is 15.9. The van der Waals surface area contributed by atoms with Crippen LogP contribution in [0.3, 0.4) is 0 Å². The third kappa shape index (κ3) is 3.79. The largest absolute Gasteiger partial charge is 0.497 e. The van der Waals surface area contributed by atoms with E-state index in [1.807, 2.05) is 37.3 Å². The number of rotatable bonds is 6. The molecule has 0 aliphatic carbocycles. The van der Waals surface area contributed by atoms with E-state index in [9.17, 15) is 0 Å². The highest BCUT2D eigenvalue weighted by Gasteiger charge is 2.08. The molecule has 2 aromatic rings. The van der Waals surface area contributed by atoms with E-state index in [0.29, 0.717) is 0 Å². The summed E-state index contributed by atoms with van der Waals surface area (Å²) in [6.07, 6.45) is 4.88. The Kier molecular flexibility index (Phi) is 5.42. The highest BCUT2D eigenvalue weighted by molar-refractivity contribution is 5.73. The van der Waals surface area contributed by atoms with Gasteiger partial charge in [0.15, 0.2) is 0 Å². The molecule has 2 aromatic carbocycles. The lowest BCUT2D eigenvalue weighted by molar-refractivity contribution is 0.413. The summed E-state index contributed by atoms with van der Waals surface area (Å²) in [5.41, 5.74) is 4.43. The van der Waals surface area contributed by atoms with Crippen LogP contribution in [0, 0.1) is 0 Å². The van der Waals surface area contributed by atoms with Crippen LogP contribution in [0.5, 0.6) is 11.5 Å². The fraction of sp³-hybridized carbons (Fsp3) is 0.200. The molecule has 0 fully saturated rings. The highest BCUT2D eigenvalue weighted by Crippen LogP contribution is 2.29. The van der Waals surface area contributed by atoms with Gasteiger partial charge >= 0.3 is 0 Å². The Morgan fingerprint density at radius 1 is 1.05 bits per heavy atom. The van der Waals surface area contributed by atoms with E-state index in [1.165, 1.54) is 5.56 Å². The first kappa shape index (κ1) is 15.9. The summed E-state index contributed by atoms with van der Waals surface area (Å²) in [5.74, 6) is 1.72. The first-order chi connectivity index (χ1) is 10.7. The van der Waals surface area contributed by atoms with Crippen molar-refractivity contribution in [1.29, 1.82) is 0 Å². The Hall–Kier alpha value is -2.48. The second-order valence-corrected chi connectivity index (χ2v) is 5.09. The average molecular weight is 294 g/mol. The van der Waals surface area contributed by atoms with Crippen molar-refractivity contribution >= 4 is 11.6 Å². The van der Waals surface area contributed by atoms with Gasteiger partial charge in [-0.2, -0.15) is 0 Å². The Labute approximate surface area is 132 Å². The average Bonchev–Trinajstić information content (AvgIpc) is 2.55. The molecule has 0 N–H and O–H groups in total. The number of hydrogen-bond acceptors (Lipinski definition) is 2. The number of ether oxygens (including phenoxy) is 2. The molecule has 22 heavy (non-hydrogen) atoms. The maximum Gasteiger partial charge on any atom is 0.126 e. The van der Waals surface area contributed by atoms with Crippen LogP contribution in [0.4, 0.5) is 0 Å². The molecule has 0 aliphatic heterocycles. The van der Waals surface area contributed by atoms with Crippen molar-refractivity contribution in [3.05, 3.63) is 71.8 Å². The molecule has 0 saturated carbocycles. The molecule has 0 unspecified atom stereocenters. The van der Waals surface area contributed by atoms with Gasteiger partial charge in [-0.15, -0.1) is 0 Å². The van der Waals surface area contributed by atoms with Gasteiger partial charge < -0.3 is 9.47 Å². The fourth-order valence-corrected chi connectivity index (χ4v) is 2.38. The van der Waals surface area contributed by atoms with Crippen molar-refractivity contribution < 1.29 is 9.47 Å². The van der Waals surface area contributed by atoms with Gasteiger partial charge in [-0.25, -0.2) is 0 Å². The van der Waals surface area contributed by atoms with Crippen LogP contribution in [0.15, 0.2) is 55.1 Å². The van der Waals surface area contributed by atoms with Crippen LogP contribution in [0.2, 0.25) is 0 Å². The molecule has 114 valence electrons. The lowest BCUT2D eigenvalue weighted by Gasteiger charge is -2.13. The number of benzene rings is 2. The van der Waals surface area contributed by atoms with Gasteiger partial charge in [0.05, 0.1) is 14.2 Å². The van der Waals surface area contributed by atoms with Crippen molar-refractivity contribution in [3.63, 3.8) is 0 Å². The van der Waals surface area contributed by atoms with E-state index in [1.54, 1.807) is 14.2 Å². The minimum atomic E-state index is 0.777. The third-order valence-electron chi connectivity index (χ3n) is 3.54. The maximum atomic E-state index is 5.47. The Morgan fingerprint density at radius 3 is 2.36 bits per heavy atom. The zero-order valence-electron chi connectivity index (χ0n) is 13.4. The quantitative estimate of drug-likeness (QED) is 0.747. The Morgan fingerprint density at radius 2 is 1.77 bits per heavy atom. The summed E-state index contributed by atoms with van der Waals surface area (Å²) in [6.45, 7) is 6.25. The van der Waals surface area contributed by atoms with Gasteiger partial charge in [-0.05, 0) is 54.3 Å². The second-order valence-electron chi connectivity index (χ2n) is 5.09. The van der Waals surface area contributed by atoms with Crippen molar-refractivity contribution in [1.82, 2.24) is 0 Å². The molecule has 0 aliphatic rings. The number of hydrogen-bond donors (Lipinski definition) is 0. The summed E-state index contributed by atoms with van der Waals surface area (Å²) in [5, 5.41) is 0. The molecule has 2 rings (SSSR count). The first-order valence-electron chi connectivity index (χ1n) is 7.29. The van der Waals surface area contributed by atoms with Crippen molar-refractivity contribution in [3.8, 4) is 11.5 Å². The van der Waals surface area contributed by atoms with Gasteiger partial charge in [-0.1, -0.05) is 36.9 Å². The molecule has 0 aromatic heterocycles. The monoisotopic (exact) mass is 294 g/mol. The van der Waals surface area contributed by atoms with Crippen LogP contribution >= 0.6 is 0 Å². The molecule has 0 saturated heterocycles. The van der Waals surface area contributed by atoms with E-state index >= 15 is 0 Å². The molecule has 0 radical (unpaired) electrons. The lowest BCUT2D eigenvalue weighted by atomic mass is 9.97. The molecule has 2 nitrogen and oxygen atoms in total. The summed E-state index contributed by atoms with van der Waals surface area (Å²) in [4.78, 5) is 0. The molecule has 0 amide bonds. The Bertz CT molecular complexity index is 667. The molecule has 0 spiro atoms. The van der Waals surface area contributed by atoms with Crippen molar-refractivity contribution in [2.24, 2.45) is 0 Å². The SMILES string of the molecule is C=C(Cc1ccc(OC)cc1)c1cc(/C=C/C)ccc1OC. The summed E-state index contributed by atoms with van der Waals surface area (Å²) < 4.78 is 10.7. The number of methoxy groups -OCH3 is 2. The molecule has 0 atom stereocenters. The molecular formula is C20H22O2. The highest BCUT2D eigenvalue weighted by atomic mass is 16.5. The maximum absolute atomic E-state index is 5.47. The van der Waals surface area contributed by atoms with Gasteiger partial charge in [-0.3, -0.25) is 0 Å². The van der Waals surface area contributed by atoms with Crippen LogP contribution in [-0.2, 0) is 6.42 Å².